The number of benzene rings is 4. The van der Waals surface area contributed by atoms with Crippen LogP contribution in [0.25, 0.3) is 0 Å². The highest BCUT2D eigenvalue weighted by Crippen LogP contribution is 2.49. The van der Waals surface area contributed by atoms with Crippen LogP contribution in [0.15, 0.2) is 146 Å². The van der Waals surface area contributed by atoms with Crippen LogP contribution in [-0.4, -0.2) is 11.1 Å². The van der Waals surface area contributed by atoms with Gasteiger partial charge in [0.15, 0.2) is 12.7 Å². The first kappa shape index (κ1) is 20.6. The van der Waals surface area contributed by atoms with Crippen LogP contribution in [0, 0.1) is 0 Å². The summed E-state index contributed by atoms with van der Waals surface area (Å²) in [6, 6.07) is 44.2. The number of nitrogens with zero attached hydrogens (tertiary/aromatic N) is 1. The lowest BCUT2D eigenvalue weighted by molar-refractivity contribution is -0.258. The summed E-state index contributed by atoms with van der Waals surface area (Å²) in [6.07, 6.45) is 7.63. The number of allylic oxidation sites excluding steroid dienone is 3. The summed E-state index contributed by atoms with van der Waals surface area (Å²) in [5.74, 6) is 2.36. The van der Waals surface area contributed by atoms with Crippen LogP contribution in [0.3, 0.4) is 0 Å². The van der Waals surface area contributed by atoms with Gasteiger partial charge in [0.05, 0.1) is 0 Å². The van der Waals surface area contributed by atoms with Crippen LogP contribution in [0.1, 0.15) is 0 Å². The van der Waals surface area contributed by atoms with Crippen LogP contribution < -0.4 is 15.9 Å². The van der Waals surface area contributed by atoms with Crippen molar-refractivity contribution in [3.05, 3.63) is 146 Å². The third-order valence-corrected chi connectivity index (χ3v) is 10.3. The highest BCUT2D eigenvalue weighted by molar-refractivity contribution is 7.85. The van der Waals surface area contributed by atoms with Crippen molar-refractivity contribution < 1.29 is 4.24 Å². The van der Waals surface area contributed by atoms with Gasteiger partial charge in [0, 0.05) is 34.4 Å². The van der Waals surface area contributed by atoms with Gasteiger partial charge in [-0.15, -0.1) is 0 Å². The summed E-state index contributed by atoms with van der Waals surface area (Å²) in [6.45, 7) is 0.261. The molecule has 0 amide bonds. The van der Waals surface area contributed by atoms with E-state index in [1.165, 1.54) is 21.6 Å². The second-order valence-corrected chi connectivity index (χ2v) is 11.2. The predicted octanol–water partition coefficient (Wildman–Crippen LogP) is 6.17. The van der Waals surface area contributed by atoms with Crippen molar-refractivity contribution in [1.29, 1.82) is 0 Å². The fraction of sp³-hybridized carbons (Fsp3) is 0.0345. The van der Waals surface area contributed by atoms with Crippen molar-refractivity contribution in [2.75, 3.05) is 0 Å². The largest absolute Gasteiger partial charge is 0.516 e. The molecule has 0 bridgehead atoms. The number of rotatable bonds is 5. The van der Waals surface area contributed by atoms with E-state index in [1.807, 2.05) is 0 Å². The SMILES string of the molecule is C1=CCB([N+](c2ccccc2)=P(c2ccccc2)(c2ccccc2)c2ccccc2)C=C1. The third kappa shape index (κ3) is 3.72. The molecule has 0 N–H and O–H groups in total. The minimum absolute atomic E-state index is 0.261. The molecule has 0 aliphatic carbocycles. The second kappa shape index (κ2) is 9.43. The lowest BCUT2D eigenvalue weighted by Crippen LogP contribution is -2.37. The number of hydrogen-bond acceptors (Lipinski definition) is 0. The first-order valence-corrected chi connectivity index (χ1v) is 12.9. The standard InChI is InChI=1S/C29H26BNP/c1-6-16-26(17-7-1)31(30-24-14-5-15-25-30)32(27-18-8-2-9-19-27,28-20-10-3-11-21-28)29-22-12-4-13-23-29/h1-24H,25H2/q+1. The van der Waals surface area contributed by atoms with Crippen molar-refractivity contribution in [2.45, 2.75) is 6.32 Å². The topological polar surface area (TPSA) is 3.01 Å². The van der Waals surface area contributed by atoms with E-state index in [2.05, 4.69) is 150 Å². The van der Waals surface area contributed by atoms with E-state index in [0.29, 0.717) is 0 Å². The Balaban J connectivity index is 2.03. The molecule has 0 unspecified atom stereocenters. The number of para-hydroxylation sites is 1. The zero-order valence-corrected chi connectivity index (χ0v) is 18.9. The summed E-state index contributed by atoms with van der Waals surface area (Å²) in [4.78, 5) is 0. The van der Waals surface area contributed by atoms with E-state index in [0.717, 1.165) is 6.32 Å². The summed E-state index contributed by atoms with van der Waals surface area (Å²) in [5, 5.41) is 4.10. The molecule has 0 saturated heterocycles. The molecule has 1 heterocycles. The van der Waals surface area contributed by atoms with Crippen LogP contribution in [-0.2, 0) is 0 Å². The minimum atomic E-state index is -2.21. The summed E-state index contributed by atoms with van der Waals surface area (Å²) >= 11 is 0. The summed E-state index contributed by atoms with van der Waals surface area (Å²) in [5.41, 5.74) is 1.25. The Hall–Kier alpha value is -3.35. The van der Waals surface area contributed by atoms with Crippen molar-refractivity contribution in [2.24, 2.45) is 0 Å². The number of hydrogen-bond donors (Lipinski definition) is 0. The van der Waals surface area contributed by atoms with Crippen LogP contribution in [0.5, 0.6) is 0 Å². The van der Waals surface area contributed by atoms with Crippen molar-refractivity contribution in [3.8, 4) is 0 Å². The molecule has 5 rings (SSSR count). The first-order valence-electron chi connectivity index (χ1n) is 11.1. The average Bonchev–Trinajstić information content (AvgIpc) is 2.90. The molecule has 3 heteroatoms. The van der Waals surface area contributed by atoms with Gasteiger partial charge in [-0.25, -0.2) is 0 Å². The highest BCUT2D eigenvalue weighted by atomic mass is 31.2. The molecular formula is C29H26BNP+. The molecule has 4 aromatic carbocycles. The van der Waals surface area contributed by atoms with Crippen LogP contribution >= 0.6 is 7.05 Å². The van der Waals surface area contributed by atoms with Gasteiger partial charge in [-0.2, -0.15) is 0 Å². The first-order chi connectivity index (χ1) is 15.9. The minimum Gasteiger partial charge on any atom is -0.294 e. The molecule has 0 saturated carbocycles. The highest BCUT2D eigenvalue weighted by Gasteiger charge is 2.42. The van der Waals surface area contributed by atoms with Crippen LogP contribution in [0.2, 0.25) is 6.32 Å². The zero-order chi connectivity index (χ0) is 21.6. The maximum absolute atomic E-state index is 2.72. The molecule has 0 spiro atoms. The Morgan fingerprint density at radius 2 is 0.969 bits per heavy atom. The van der Waals surface area contributed by atoms with E-state index in [-0.39, 0.29) is 6.85 Å². The maximum atomic E-state index is 2.72. The summed E-state index contributed by atoms with van der Waals surface area (Å²) in [7, 11) is -2.21. The molecule has 0 aromatic heterocycles. The van der Waals surface area contributed by atoms with E-state index in [1.54, 1.807) is 0 Å². The molecule has 154 valence electrons. The van der Waals surface area contributed by atoms with Gasteiger partial charge in [-0.1, -0.05) is 91.0 Å². The van der Waals surface area contributed by atoms with Crippen molar-refractivity contribution >= 4 is 35.5 Å². The van der Waals surface area contributed by atoms with E-state index < -0.39 is 7.05 Å². The third-order valence-electron chi connectivity index (χ3n) is 6.01. The fourth-order valence-corrected chi connectivity index (χ4v) is 9.22. The summed E-state index contributed by atoms with van der Waals surface area (Å²) < 4.78 is 2.72. The van der Waals surface area contributed by atoms with Gasteiger partial charge in [-0.3, -0.25) is 4.24 Å². The molecule has 4 aromatic rings. The predicted molar refractivity (Wildman–Crippen MR) is 140 cm³/mol. The molecule has 32 heavy (non-hydrogen) atoms. The normalized spacial score (nSPS) is 13.2. The average molecular weight is 430 g/mol. The smallest absolute Gasteiger partial charge is 0.294 e. The molecular weight excluding hydrogens is 404 g/mol. The Kier molecular flexibility index (Phi) is 6.05. The molecule has 0 radical (unpaired) electrons. The fourth-order valence-electron chi connectivity index (χ4n) is 4.67. The molecule has 1 aliphatic rings. The van der Waals surface area contributed by atoms with Gasteiger partial charge in [0.1, 0.15) is 0 Å². The molecule has 1 aliphatic heterocycles. The van der Waals surface area contributed by atoms with Gasteiger partial charge >= 0.3 is 6.85 Å². The van der Waals surface area contributed by atoms with Gasteiger partial charge in [0.2, 0.25) is 0 Å². The van der Waals surface area contributed by atoms with E-state index >= 15 is 0 Å². The van der Waals surface area contributed by atoms with E-state index in [9.17, 15) is 0 Å². The quantitative estimate of drug-likeness (QED) is 0.263. The maximum Gasteiger partial charge on any atom is 0.516 e. The lowest BCUT2D eigenvalue weighted by atomic mass is 9.57. The Morgan fingerprint density at radius 1 is 0.531 bits per heavy atom. The van der Waals surface area contributed by atoms with Crippen LogP contribution in [0.4, 0.5) is 5.69 Å². The monoisotopic (exact) mass is 430 g/mol. The van der Waals surface area contributed by atoms with Crippen molar-refractivity contribution in [1.82, 2.24) is 0 Å². The zero-order valence-electron chi connectivity index (χ0n) is 18.0. The Bertz CT molecular complexity index is 1180. The molecule has 0 fully saturated rings. The van der Waals surface area contributed by atoms with E-state index in [4.69, 9.17) is 0 Å². The molecule has 0 atom stereocenters. The second-order valence-electron chi connectivity index (χ2n) is 7.94. The van der Waals surface area contributed by atoms with Gasteiger partial charge in [0.25, 0.3) is 0 Å². The lowest BCUT2D eigenvalue weighted by Gasteiger charge is -2.29. The van der Waals surface area contributed by atoms with Gasteiger partial charge in [-0.05, 0) is 42.4 Å². The van der Waals surface area contributed by atoms with Gasteiger partial charge < -0.3 is 0 Å². The van der Waals surface area contributed by atoms with Crippen molar-refractivity contribution in [3.63, 3.8) is 0 Å². The molecule has 1 nitrogen and oxygen atoms in total. The Morgan fingerprint density at radius 3 is 1.38 bits per heavy atom. The Labute approximate surface area is 191 Å².